The first-order valence-electron chi connectivity index (χ1n) is 4.25. The van der Waals surface area contributed by atoms with Crippen LogP contribution in [-0.4, -0.2) is 15.2 Å². The molecule has 0 unspecified atom stereocenters. The zero-order chi connectivity index (χ0) is 10.3. The zero-order valence-electron chi connectivity index (χ0n) is 7.91. The lowest BCUT2D eigenvalue weighted by Crippen LogP contribution is -2.00. The van der Waals surface area contributed by atoms with E-state index in [0.29, 0.717) is 10.8 Å². The van der Waals surface area contributed by atoms with Gasteiger partial charge < -0.3 is 0 Å². The SMILES string of the molecule is CC(=O)c1cnc2c(C)ccc(Cl)n12. The third-order valence-corrected chi connectivity index (χ3v) is 2.45. The number of rotatable bonds is 1. The summed E-state index contributed by atoms with van der Waals surface area (Å²) < 4.78 is 1.67. The molecule has 0 aliphatic carbocycles. The molecule has 72 valence electrons. The molecule has 2 aromatic heterocycles. The van der Waals surface area contributed by atoms with Crippen LogP contribution in [0.3, 0.4) is 0 Å². The molecule has 0 fully saturated rings. The maximum atomic E-state index is 11.3. The van der Waals surface area contributed by atoms with E-state index >= 15 is 0 Å². The van der Waals surface area contributed by atoms with Crippen molar-refractivity contribution in [1.29, 1.82) is 0 Å². The molecule has 3 nitrogen and oxygen atoms in total. The Morgan fingerprint density at radius 3 is 2.86 bits per heavy atom. The second-order valence-corrected chi connectivity index (χ2v) is 3.58. The smallest absolute Gasteiger partial charge is 0.178 e. The van der Waals surface area contributed by atoms with Crippen molar-refractivity contribution in [2.45, 2.75) is 13.8 Å². The summed E-state index contributed by atoms with van der Waals surface area (Å²) in [6.07, 6.45) is 1.55. The molecule has 2 heterocycles. The van der Waals surface area contributed by atoms with Gasteiger partial charge in [-0.25, -0.2) is 4.98 Å². The van der Waals surface area contributed by atoms with E-state index in [2.05, 4.69) is 4.98 Å². The van der Waals surface area contributed by atoms with Crippen LogP contribution in [0.1, 0.15) is 23.0 Å². The van der Waals surface area contributed by atoms with E-state index < -0.39 is 0 Å². The molecular formula is C10H9ClN2O. The van der Waals surface area contributed by atoms with E-state index in [1.165, 1.54) is 6.92 Å². The molecule has 0 aromatic carbocycles. The first-order chi connectivity index (χ1) is 6.61. The summed E-state index contributed by atoms with van der Waals surface area (Å²) in [5, 5.41) is 0.508. The highest BCUT2D eigenvalue weighted by Gasteiger charge is 2.11. The number of pyridine rings is 1. The van der Waals surface area contributed by atoms with Crippen molar-refractivity contribution in [3.05, 3.63) is 34.7 Å². The predicted octanol–water partition coefficient (Wildman–Crippen LogP) is 2.50. The molecule has 0 N–H and O–H groups in total. The van der Waals surface area contributed by atoms with Gasteiger partial charge in [-0.05, 0) is 18.6 Å². The van der Waals surface area contributed by atoms with Crippen LogP contribution in [-0.2, 0) is 0 Å². The fraction of sp³-hybridized carbons (Fsp3) is 0.200. The Morgan fingerprint density at radius 2 is 2.21 bits per heavy atom. The Kier molecular flexibility index (Phi) is 2.04. The van der Waals surface area contributed by atoms with Crippen molar-refractivity contribution in [3.8, 4) is 0 Å². The minimum Gasteiger partial charge on any atom is -0.293 e. The number of hydrogen-bond acceptors (Lipinski definition) is 2. The van der Waals surface area contributed by atoms with E-state index in [0.717, 1.165) is 11.2 Å². The fourth-order valence-corrected chi connectivity index (χ4v) is 1.67. The van der Waals surface area contributed by atoms with Crippen LogP contribution in [0.15, 0.2) is 18.3 Å². The topological polar surface area (TPSA) is 34.4 Å². The highest BCUT2D eigenvalue weighted by molar-refractivity contribution is 6.30. The van der Waals surface area contributed by atoms with E-state index in [1.807, 2.05) is 13.0 Å². The third kappa shape index (κ3) is 1.21. The van der Waals surface area contributed by atoms with Crippen molar-refractivity contribution in [2.75, 3.05) is 0 Å². The molecule has 0 atom stereocenters. The maximum absolute atomic E-state index is 11.3. The molecule has 4 heteroatoms. The first kappa shape index (κ1) is 9.21. The van der Waals surface area contributed by atoms with Gasteiger partial charge in [0, 0.05) is 6.92 Å². The lowest BCUT2D eigenvalue weighted by molar-refractivity contribution is 0.101. The monoisotopic (exact) mass is 208 g/mol. The number of aryl methyl sites for hydroxylation is 1. The average Bonchev–Trinajstić information content (AvgIpc) is 2.56. The molecule has 0 saturated heterocycles. The quantitative estimate of drug-likeness (QED) is 0.533. The van der Waals surface area contributed by atoms with Crippen LogP contribution in [0.25, 0.3) is 5.65 Å². The number of fused-ring (bicyclic) bond motifs is 1. The van der Waals surface area contributed by atoms with Gasteiger partial charge >= 0.3 is 0 Å². The van der Waals surface area contributed by atoms with Crippen LogP contribution in [0, 0.1) is 6.92 Å². The number of ketones is 1. The number of hydrogen-bond donors (Lipinski definition) is 0. The summed E-state index contributed by atoms with van der Waals surface area (Å²) in [5.41, 5.74) is 2.26. The zero-order valence-corrected chi connectivity index (χ0v) is 8.67. The Hall–Kier alpha value is -1.35. The van der Waals surface area contributed by atoms with Gasteiger partial charge in [-0.1, -0.05) is 17.7 Å². The molecule has 2 rings (SSSR count). The van der Waals surface area contributed by atoms with Gasteiger partial charge in [0.15, 0.2) is 5.78 Å². The van der Waals surface area contributed by atoms with Crippen LogP contribution >= 0.6 is 11.6 Å². The summed E-state index contributed by atoms with van der Waals surface area (Å²) >= 11 is 5.99. The molecule has 0 spiro atoms. The second-order valence-electron chi connectivity index (χ2n) is 3.20. The van der Waals surface area contributed by atoms with Crippen LogP contribution < -0.4 is 0 Å². The minimum atomic E-state index is -0.0370. The molecule has 0 amide bonds. The molecule has 0 saturated carbocycles. The lowest BCUT2D eigenvalue weighted by Gasteiger charge is -2.02. The van der Waals surface area contributed by atoms with Gasteiger partial charge in [0.05, 0.1) is 6.20 Å². The minimum absolute atomic E-state index is 0.0370. The van der Waals surface area contributed by atoms with Gasteiger partial charge in [-0.2, -0.15) is 0 Å². The van der Waals surface area contributed by atoms with Gasteiger partial charge in [0.25, 0.3) is 0 Å². The highest BCUT2D eigenvalue weighted by Crippen LogP contribution is 2.18. The Bertz CT molecular complexity index is 516. The summed E-state index contributed by atoms with van der Waals surface area (Å²) in [5.74, 6) is -0.0370. The van der Waals surface area contributed by atoms with Crippen molar-refractivity contribution >= 4 is 23.0 Å². The molecule has 0 radical (unpaired) electrons. The number of aromatic nitrogens is 2. The Labute approximate surface area is 86.3 Å². The number of halogens is 1. The number of nitrogens with zero attached hydrogens (tertiary/aromatic N) is 2. The van der Waals surface area contributed by atoms with Gasteiger partial charge in [-0.3, -0.25) is 9.20 Å². The van der Waals surface area contributed by atoms with E-state index in [1.54, 1.807) is 16.7 Å². The summed E-state index contributed by atoms with van der Waals surface area (Å²) in [4.78, 5) is 15.4. The van der Waals surface area contributed by atoms with Gasteiger partial charge in [0.2, 0.25) is 0 Å². The predicted molar refractivity (Wildman–Crippen MR) is 54.9 cm³/mol. The van der Waals surface area contributed by atoms with E-state index in [-0.39, 0.29) is 5.78 Å². The summed E-state index contributed by atoms with van der Waals surface area (Å²) in [6, 6.07) is 3.65. The lowest BCUT2D eigenvalue weighted by atomic mass is 10.3. The second kappa shape index (κ2) is 3.10. The molecular weight excluding hydrogens is 200 g/mol. The van der Waals surface area contributed by atoms with Gasteiger partial charge in [-0.15, -0.1) is 0 Å². The van der Waals surface area contributed by atoms with Crippen LogP contribution in [0.4, 0.5) is 0 Å². The van der Waals surface area contributed by atoms with Crippen molar-refractivity contribution in [2.24, 2.45) is 0 Å². The Balaban J connectivity index is 2.90. The van der Waals surface area contributed by atoms with Crippen molar-refractivity contribution in [1.82, 2.24) is 9.38 Å². The molecule has 14 heavy (non-hydrogen) atoms. The Morgan fingerprint density at radius 1 is 1.50 bits per heavy atom. The molecule has 0 aliphatic heterocycles. The molecule has 0 aliphatic rings. The molecule has 0 bridgehead atoms. The van der Waals surface area contributed by atoms with Crippen molar-refractivity contribution in [3.63, 3.8) is 0 Å². The summed E-state index contributed by atoms with van der Waals surface area (Å²) in [7, 11) is 0. The standard InChI is InChI=1S/C10H9ClN2O/c1-6-3-4-9(11)13-8(7(2)14)5-12-10(6)13/h3-5H,1-2H3. The molecule has 2 aromatic rings. The average molecular weight is 209 g/mol. The van der Waals surface area contributed by atoms with Crippen LogP contribution in [0.2, 0.25) is 5.15 Å². The van der Waals surface area contributed by atoms with Crippen LogP contribution in [0.5, 0.6) is 0 Å². The fourth-order valence-electron chi connectivity index (χ4n) is 1.44. The number of imidazole rings is 1. The maximum Gasteiger partial charge on any atom is 0.178 e. The van der Waals surface area contributed by atoms with E-state index in [9.17, 15) is 4.79 Å². The first-order valence-corrected chi connectivity index (χ1v) is 4.62. The highest BCUT2D eigenvalue weighted by atomic mass is 35.5. The largest absolute Gasteiger partial charge is 0.293 e. The van der Waals surface area contributed by atoms with Crippen molar-refractivity contribution < 1.29 is 4.79 Å². The normalized spacial score (nSPS) is 10.8. The number of carbonyl (C=O) groups excluding carboxylic acids is 1. The van der Waals surface area contributed by atoms with E-state index in [4.69, 9.17) is 11.6 Å². The number of carbonyl (C=O) groups is 1. The number of Topliss-reactive ketones (excluding diaryl/α,β-unsaturated/α-hetero) is 1. The summed E-state index contributed by atoms with van der Waals surface area (Å²) in [6.45, 7) is 3.44. The third-order valence-electron chi connectivity index (χ3n) is 2.16. The van der Waals surface area contributed by atoms with Gasteiger partial charge in [0.1, 0.15) is 16.5 Å².